The summed E-state index contributed by atoms with van der Waals surface area (Å²) in [5.41, 5.74) is 2.64. The number of hydrogen-bond acceptors (Lipinski definition) is 2. The summed E-state index contributed by atoms with van der Waals surface area (Å²) in [5, 5.41) is 0.487. The van der Waals surface area contributed by atoms with Gasteiger partial charge in [-0.1, -0.05) is 63.1 Å². The Balaban J connectivity index is 1.97. The van der Waals surface area contributed by atoms with Crippen LogP contribution in [-0.4, -0.2) is 26.9 Å². The van der Waals surface area contributed by atoms with E-state index in [9.17, 15) is 4.79 Å². The Kier molecular flexibility index (Phi) is 6.74. The Bertz CT molecular complexity index is 948. The quantitative estimate of drug-likeness (QED) is 0.482. The fourth-order valence-electron chi connectivity index (χ4n) is 3.45. The lowest BCUT2D eigenvalue weighted by Crippen LogP contribution is -2.35. The van der Waals surface area contributed by atoms with Gasteiger partial charge in [-0.15, -0.1) is 0 Å². The SMILES string of the molecule is CCCCn1c(CN(CC(C)C)C(=O)c2ccccc2Cl)nc2ccccc21. The number of carbonyl (C=O) groups is 1. The summed E-state index contributed by atoms with van der Waals surface area (Å²) < 4.78 is 2.26. The number of hydrogen-bond donors (Lipinski definition) is 0. The second kappa shape index (κ2) is 9.24. The smallest absolute Gasteiger partial charge is 0.255 e. The summed E-state index contributed by atoms with van der Waals surface area (Å²) in [5.74, 6) is 1.23. The van der Waals surface area contributed by atoms with Crippen LogP contribution in [0.25, 0.3) is 11.0 Å². The number of para-hydroxylation sites is 2. The van der Waals surface area contributed by atoms with Crippen LogP contribution >= 0.6 is 11.6 Å². The maximum Gasteiger partial charge on any atom is 0.255 e. The van der Waals surface area contributed by atoms with Crippen LogP contribution in [0.2, 0.25) is 5.02 Å². The second-order valence-corrected chi connectivity index (χ2v) is 7.99. The molecule has 0 bridgehead atoms. The fourth-order valence-corrected chi connectivity index (χ4v) is 3.66. The molecule has 2 aromatic carbocycles. The van der Waals surface area contributed by atoms with Gasteiger partial charge in [0.15, 0.2) is 0 Å². The fraction of sp³-hybridized carbons (Fsp3) is 0.391. The van der Waals surface area contributed by atoms with Crippen molar-refractivity contribution in [3.05, 3.63) is 64.9 Å². The molecule has 0 atom stereocenters. The Morgan fingerprint density at radius 3 is 2.57 bits per heavy atom. The molecule has 0 aliphatic rings. The van der Waals surface area contributed by atoms with Crippen molar-refractivity contribution >= 4 is 28.5 Å². The molecule has 3 aromatic rings. The number of aryl methyl sites for hydroxylation is 1. The van der Waals surface area contributed by atoms with Gasteiger partial charge in [0.25, 0.3) is 5.91 Å². The van der Waals surface area contributed by atoms with Gasteiger partial charge in [-0.3, -0.25) is 4.79 Å². The van der Waals surface area contributed by atoms with E-state index in [1.165, 1.54) is 0 Å². The molecule has 1 aromatic heterocycles. The highest BCUT2D eigenvalue weighted by Gasteiger charge is 2.22. The lowest BCUT2D eigenvalue weighted by molar-refractivity contribution is 0.0716. The molecule has 4 nitrogen and oxygen atoms in total. The minimum Gasteiger partial charge on any atom is -0.331 e. The van der Waals surface area contributed by atoms with Crippen molar-refractivity contribution in [3.8, 4) is 0 Å². The summed E-state index contributed by atoms with van der Waals surface area (Å²) in [6.07, 6.45) is 2.19. The summed E-state index contributed by atoms with van der Waals surface area (Å²) in [6, 6.07) is 15.4. The maximum atomic E-state index is 13.3. The molecule has 0 aliphatic carbocycles. The van der Waals surface area contributed by atoms with E-state index in [1.807, 2.05) is 35.2 Å². The van der Waals surface area contributed by atoms with Gasteiger partial charge in [-0.05, 0) is 36.6 Å². The zero-order valence-electron chi connectivity index (χ0n) is 16.9. The normalized spacial score (nSPS) is 11.3. The Hall–Kier alpha value is -2.33. The number of fused-ring (bicyclic) bond motifs is 1. The first kappa shape index (κ1) is 20.4. The molecule has 0 spiro atoms. The number of benzene rings is 2. The molecule has 28 heavy (non-hydrogen) atoms. The summed E-state index contributed by atoms with van der Waals surface area (Å²) in [4.78, 5) is 20.0. The van der Waals surface area contributed by atoms with Crippen LogP contribution in [0, 0.1) is 5.92 Å². The van der Waals surface area contributed by atoms with Gasteiger partial charge in [0.1, 0.15) is 5.82 Å². The van der Waals surface area contributed by atoms with Gasteiger partial charge in [-0.25, -0.2) is 4.98 Å². The zero-order chi connectivity index (χ0) is 20.1. The van der Waals surface area contributed by atoms with E-state index >= 15 is 0 Å². The molecular formula is C23H28ClN3O. The molecule has 0 saturated heterocycles. The molecule has 0 unspecified atom stereocenters. The number of nitrogens with zero attached hydrogens (tertiary/aromatic N) is 3. The van der Waals surface area contributed by atoms with Gasteiger partial charge in [-0.2, -0.15) is 0 Å². The predicted molar refractivity (Wildman–Crippen MR) is 116 cm³/mol. The van der Waals surface area contributed by atoms with Crippen LogP contribution in [0.4, 0.5) is 0 Å². The van der Waals surface area contributed by atoms with E-state index < -0.39 is 0 Å². The first-order valence-corrected chi connectivity index (χ1v) is 10.4. The number of carbonyl (C=O) groups excluding carboxylic acids is 1. The van der Waals surface area contributed by atoms with Crippen LogP contribution in [0.1, 0.15) is 49.8 Å². The topological polar surface area (TPSA) is 38.1 Å². The van der Waals surface area contributed by atoms with Crippen molar-refractivity contribution in [2.75, 3.05) is 6.54 Å². The molecule has 0 saturated carbocycles. The Morgan fingerprint density at radius 1 is 1.14 bits per heavy atom. The Morgan fingerprint density at radius 2 is 1.86 bits per heavy atom. The maximum absolute atomic E-state index is 13.3. The molecule has 0 radical (unpaired) electrons. The van der Waals surface area contributed by atoms with Crippen LogP contribution in [0.15, 0.2) is 48.5 Å². The van der Waals surface area contributed by atoms with E-state index in [-0.39, 0.29) is 5.91 Å². The van der Waals surface area contributed by atoms with Crippen molar-refractivity contribution in [2.24, 2.45) is 5.92 Å². The number of halogens is 1. The van der Waals surface area contributed by atoms with Gasteiger partial charge >= 0.3 is 0 Å². The van der Waals surface area contributed by atoms with Gasteiger partial charge in [0, 0.05) is 13.1 Å². The van der Waals surface area contributed by atoms with Gasteiger partial charge in [0.05, 0.1) is 28.2 Å². The van der Waals surface area contributed by atoms with Crippen molar-refractivity contribution in [2.45, 2.75) is 46.7 Å². The highest BCUT2D eigenvalue weighted by atomic mass is 35.5. The molecule has 3 rings (SSSR count). The number of aromatic nitrogens is 2. The average molecular weight is 398 g/mol. The summed E-state index contributed by atoms with van der Waals surface area (Å²) >= 11 is 6.30. The minimum absolute atomic E-state index is 0.0478. The number of imidazole rings is 1. The van der Waals surface area contributed by atoms with E-state index in [1.54, 1.807) is 12.1 Å². The third kappa shape index (κ3) is 4.56. The van der Waals surface area contributed by atoms with E-state index in [0.717, 1.165) is 36.2 Å². The van der Waals surface area contributed by atoms with Crippen molar-refractivity contribution in [3.63, 3.8) is 0 Å². The molecule has 0 aliphatic heterocycles. The van der Waals surface area contributed by atoms with E-state index in [4.69, 9.17) is 16.6 Å². The molecule has 5 heteroatoms. The lowest BCUT2D eigenvalue weighted by Gasteiger charge is -2.25. The highest BCUT2D eigenvalue weighted by molar-refractivity contribution is 6.33. The second-order valence-electron chi connectivity index (χ2n) is 7.58. The minimum atomic E-state index is -0.0478. The molecule has 148 valence electrons. The van der Waals surface area contributed by atoms with Crippen LogP contribution in [-0.2, 0) is 13.1 Å². The number of amides is 1. The van der Waals surface area contributed by atoms with Crippen molar-refractivity contribution < 1.29 is 4.79 Å². The number of unbranched alkanes of at least 4 members (excludes halogenated alkanes) is 1. The Labute approximate surface area is 172 Å². The van der Waals surface area contributed by atoms with Gasteiger partial charge < -0.3 is 9.47 Å². The van der Waals surface area contributed by atoms with Crippen LogP contribution in [0.5, 0.6) is 0 Å². The average Bonchev–Trinajstić information content (AvgIpc) is 3.02. The van der Waals surface area contributed by atoms with Crippen LogP contribution in [0.3, 0.4) is 0 Å². The van der Waals surface area contributed by atoms with E-state index in [2.05, 4.69) is 31.4 Å². The lowest BCUT2D eigenvalue weighted by atomic mass is 10.1. The largest absolute Gasteiger partial charge is 0.331 e. The summed E-state index contributed by atoms with van der Waals surface area (Å²) in [7, 11) is 0. The zero-order valence-corrected chi connectivity index (χ0v) is 17.6. The molecule has 0 N–H and O–H groups in total. The van der Waals surface area contributed by atoms with Crippen LogP contribution < -0.4 is 0 Å². The molecular weight excluding hydrogens is 370 g/mol. The summed E-state index contributed by atoms with van der Waals surface area (Å²) in [6.45, 7) is 8.45. The van der Waals surface area contributed by atoms with Gasteiger partial charge in [0.2, 0.25) is 0 Å². The predicted octanol–water partition coefficient (Wildman–Crippen LogP) is 5.79. The third-order valence-electron chi connectivity index (χ3n) is 4.78. The van der Waals surface area contributed by atoms with Crippen molar-refractivity contribution in [1.82, 2.24) is 14.5 Å². The van der Waals surface area contributed by atoms with Crippen molar-refractivity contribution in [1.29, 1.82) is 0 Å². The molecule has 1 heterocycles. The first-order valence-electron chi connectivity index (χ1n) is 9.99. The third-order valence-corrected chi connectivity index (χ3v) is 5.11. The first-order chi connectivity index (χ1) is 13.5. The molecule has 0 fully saturated rings. The highest BCUT2D eigenvalue weighted by Crippen LogP contribution is 2.22. The standard InChI is InChI=1S/C23H28ClN3O/c1-4-5-14-27-21-13-9-8-12-20(21)25-22(27)16-26(15-17(2)3)23(28)18-10-6-7-11-19(18)24/h6-13,17H,4-5,14-16H2,1-3H3. The molecule has 1 amide bonds. The van der Waals surface area contributed by atoms with E-state index in [0.29, 0.717) is 29.6 Å². The monoisotopic (exact) mass is 397 g/mol. The number of rotatable bonds is 8.